The van der Waals surface area contributed by atoms with E-state index in [1.165, 1.54) is 18.2 Å². The second-order valence-corrected chi connectivity index (χ2v) is 10.4. The number of nitrogens with zero attached hydrogens (tertiary/aromatic N) is 2. The van der Waals surface area contributed by atoms with Crippen LogP contribution in [0.1, 0.15) is 21.6 Å². The van der Waals surface area contributed by atoms with Gasteiger partial charge in [0.25, 0.3) is 15.9 Å². The van der Waals surface area contributed by atoms with Gasteiger partial charge >= 0.3 is 0 Å². The summed E-state index contributed by atoms with van der Waals surface area (Å²) in [6.07, 6.45) is 2.01. The molecule has 34 heavy (non-hydrogen) atoms. The molecule has 1 aliphatic heterocycles. The second-order valence-electron chi connectivity index (χ2n) is 7.91. The Hall–Kier alpha value is -3.26. The molecular formula is C25H19Cl2N3O3S. The Bertz CT molecular complexity index is 1500. The number of benzene rings is 3. The SMILES string of the molecule is O=C(c1ccc(NS(=O)(=O)c2cc(Cl)ccc2Cl)cc1)N1Cc2cccn2Cc2ccccc21. The van der Waals surface area contributed by atoms with Crippen molar-refractivity contribution in [3.63, 3.8) is 0 Å². The molecule has 0 saturated carbocycles. The van der Waals surface area contributed by atoms with Gasteiger partial charge in [0.15, 0.2) is 0 Å². The van der Waals surface area contributed by atoms with E-state index in [1.54, 1.807) is 29.2 Å². The standard InChI is InChI=1S/C25H19Cl2N3O3S/c26-19-9-12-22(27)24(14-19)34(32,33)28-20-10-7-17(8-11-20)25(31)30-16-21-5-3-13-29(21)15-18-4-1-2-6-23(18)30/h1-14,28H,15-16H2. The summed E-state index contributed by atoms with van der Waals surface area (Å²) in [5, 5.41) is 0.322. The van der Waals surface area contributed by atoms with Gasteiger partial charge in [-0.2, -0.15) is 0 Å². The highest BCUT2D eigenvalue weighted by molar-refractivity contribution is 7.92. The van der Waals surface area contributed by atoms with Crippen molar-refractivity contribution >= 4 is 50.5 Å². The molecule has 172 valence electrons. The zero-order valence-electron chi connectivity index (χ0n) is 17.8. The number of nitrogens with one attached hydrogen (secondary N) is 1. The number of carbonyl (C=O) groups excluding carboxylic acids is 1. The van der Waals surface area contributed by atoms with Crippen LogP contribution in [-0.4, -0.2) is 18.9 Å². The molecule has 0 radical (unpaired) electrons. The van der Waals surface area contributed by atoms with Gasteiger partial charge in [-0.25, -0.2) is 8.42 Å². The van der Waals surface area contributed by atoms with Crippen molar-refractivity contribution < 1.29 is 13.2 Å². The van der Waals surface area contributed by atoms with Gasteiger partial charge in [-0.15, -0.1) is 0 Å². The van der Waals surface area contributed by atoms with Gasteiger partial charge in [0, 0.05) is 40.4 Å². The topological polar surface area (TPSA) is 71.4 Å². The van der Waals surface area contributed by atoms with Crippen LogP contribution in [0, 0.1) is 0 Å². The number of sulfonamides is 1. The first-order chi connectivity index (χ1) is 16.3. The molecule has 6 nitrogen and oxygen atoms in total. The van der Waals surface area contributed by atoms with E-state index in [4.69, 9.17) is 23.2 Å². The molecule has 4 aromatic rings. The highest BCUT2D eigenvalue weighted by Crippen LogP contribution is 2.30. The number of hydrogen-bond acceptors (Lipinski definition) is 3. The Labute approximate surface area is 207 Å². The largest absolute Gasteiger partial charge is 0.345 e. The third-order valence-electron chi connectivity index (χ3n) is 5.68. The van der Waals surface area contributed by atoms with Crippen molar-refractivity contribution in [3.05, 3.63) is 112 Å². The highest BCUT2D eigenvalue weighted by Gasteiger charge is 2.25. The van der Waals surface area contributed by atoms with Gasteiger partial charge < -0.3 is 9.47 Å². The summed E-state index contributed by atoms with van der Waals surface area (Å²) in [5.41, 5.74) is 3.69. The molecule has 1 aromatic heterocycles. The van der Waals surface area contributed by atoms with Crippen LogP contribution < -0.4 is 9.62 Å². The third kappa shape index (κ3) is 4.30. The second kappa shape index (κ2) is 8.83. The average molecular weight is 512 g/mol. The number of rotatable bonds is 4. The van der Waals surface area contributed by atoms with Gasteiger partial charge in [0.1, 0.15) is 4.90 Å². The number of fused-ring (bicyclic) bond motifs is 2. The van der Waals surface area contributed by atoms with E-state index in [9.17, 15) is 13.2 Å². The Balaban J connectivity index is 1.42. The Morgan fingerprint density at radius 1 is 0.882 bits per heavy atom. The summed E-state index contributed by atoms with van der Waals surface area (Å²) in [7, 11) is -3.96. The molecule has 0 aliphatic carbocycles. The molecule has 3 aromatic carbocycles. The lowest BCUT2D eigenvalue weighted by Gasteiger charge is -2.23. The molecule has 0 fully saturated rings. The first-order valence-electron chi connectivity index (χ1n) is 10.4. The average Bonchev–Trinajstić information content (AvgIpc) is 3.19. The summed E-state index contributed by atoms with van der Waals surface area (Å²) in [5.74, 6) is -0.172. The normalized spacial score (nSPS) is 13.1. The summed E-state index contributed by atoms with van der Waals surface area (Å²) < 4.78 is 30.2. The lowest BCUT2D eigenvalue weighted by molar-refractivity contribution is 0.0985. The molecule has 0 saturated heterocycles. The first-order valence-corrected chi connectivity index (χ1v) is 12.7. The molecule has 5 rings (SSSR count). The monoisotopic (exact) mass is 511 g/mol. The number of hydrogen-bond donors (Lipinski definition) is 1. The van der Waals surface area contributed by atoms with Crippen molar-refractivity contribution in [2.24, 2.45) is 0 Å². The summed E-state index contributed by atoms with van der Waals surface area (Å²) >= 11 is 12.0. The van der Waals surface area contributed by atoms with Crippen molar-refractivity contribution in [1.82, 2.24) is 4.57 Å². The number of amides is 1. The summed E-state index contributed by atoms with van der Waals surface area (Å²) in [4.78, 5) is 15.1. The van der Waals surface area contributed by atoms with E-state index >= 15 is 0 Å². The quantitative estimate of drug-likeness (QED) is 0.376. The molecule has 1 aliphatic rings. The van der Waals surface area contributed by atoms with E-state index in [1.807, 2.05) is 42.6 Å². The molecule has 0 spiro atoms. The zero-order chi connectivity index (χ0) is 23.9. The Kier molecular flexibility index (Phi) is 5.85. The summed E-state index contributed by atoms with van der Waals surface area (Å²) in [6.45, 7) is 1.12. The number of anilines is 2. The van der Waals surface area contributed by atoms with Crippen LogP contribution in [0.25, 0.3) is 0 Å². The maximum absolute atomic E-state index is 13.5. The number of para-hydroxylation sites is 1. The van der Waals surface area contributed by atoms with Crippen LogP contribution in [0.2, 0.25) is 10.0 Å². The fraction of sp³-hybridized carbons (Fsp3) is 0.0800. The lowest BCUT2D eigenvalue weighted by atomic mass is 10.1. The van der Waals surface area contributed by atoms with E-state index in [2.05, 4.69) is 9.29 Å². The van der Waals surface area contributed by atoms with Crippen LogP contribution in [-0.2, 0) is 23.1 Å². The molecule has 0 unspecified atom stereocenters. The van der Waals surface area contributed by atoms with Crippen LogP contribution in [0.15, 0.2) is 90.0 Å². The molecule has 2 heterocycles. The van der Waals surface area contributed by atoms with Gasteiger partial charge in [0.05, 0.1) is 11.6 Å². The van der Waals surface area contributed by atoms with E-state index in [0.717, 1.165) is 16.9 Å². The maximum atomic E-state index is 13.5. The van der Waals surface area contributed by atoms with Gasteiger partial charge in [-0.3, -0.25) is 9.52 Å². The van der Waals surface area contributed by atoms with E-state index in [0.29, 0.717) is 24.3 Å². The van der Waals surface area contributed by atoms with Gasteiger partial charge in [-0.1, -0.05) is 41.4 Å². The van der Waals surface area contributed by atoms with Crippen LogP contribution in [0.4, 0.5) is 11.4 Å². The maximum Gasteiger partial charge on any atom is 0.263 e. The number of carbonyl (C=O) groups is 1. The minimum atomic E-state index is -3.96. The van der Waals surface area contributed by atoms with Crippen molar-refractivity contribution in [2.75, 3.05) is 9.62 Å². The molecule has 1 amide bonds. The smallest absolute Gasteiger partial charge is 0.263 e. The van der Waals surface area contributed by atoms with Crippen molar-refractivity contribution in [2.45, 2.75) is 18.0 Å². The Morgan fingerprint density at radius 3 is 2.44 bits per heavy atom. The van der Waals surface area contributed by atoms with Gasteiger partial charge in [0.2, 0.25) is 0 Å². The predicted molar refractivity (Wildman–Crippen MR) is 134 cm³/mol. The fourth-order valence-electron chi connectivity index (χ4n) is 4.00. The fourth-order valence-corrected chi connectivity index (χ4v) is 5.82. The molecule has 9 heteroatoms. The minimum Gasteiger partial charge on any atom is -0.345 e. The Morgan fingerprint density at radius 2 is 1.65 bits per heavy atom. The number of aromatic nitrogens is 1. The predicted octanol–water partition coefficient (Wildman–Crippen LogP) is 5.80. The van der Waals surface area contributed by atoms with Gasteiger partial charge in [-0.05, 0) is 66.2 Å². The molecule has 0 atom stereocenters. The van der Waals surface area contributed by atoms with Crippen LogP contribution in [0.3, 0.4) is 0 Å². The minimum absolute atomic E-state index is 0.0632. The van der Waals surface area contributed by atoms with Crippen LogP contribution in [0.5, 0.6) is 0 Å². The van der Waals surface area contributed by atoms with E-state index < -0.39 is 10.0 Å². The van der Waals surface area contributed by atoms with Crippen LogP contribution >= 0.6 is 23.2 Å². The lowest BCUT2D eigenvalue weighted by Crippen LogP contribution is -2.30. The molecule has 1 N–H and O–H groups in total. The third-order valence-corrected chi connectivity index (χ3v) is 7.78. The zero-order valence-corrected chi connectivity index (χ0v) is 20.1. The van der Waals surface area contributed by atoms with Crippen molar-refractivity contribution in [3.8, 4) is 0 Å². The van der Waals surface area contributed by atoms with Crippen molar-refractivity contribution in [1.29, 1.82) is 0 Å². The highest BCUT2D eigenvalue weighted by atomic mass is 35.5. The molecular weight excluding hydrogens is 493 g/mol. The van der Waals surface area contributed by atoms with E-state index in [-0.39, 0.29) is 20.8 Å². The summed E-state index contributed by atoms with van der Waals surface area (Å²) in [6, 6.07) is 22.4. The first kappa shape index (κ1) is 22.5. The number of halogens is 2. The molecule has 0 bridgehead atoms.